The van der Waals surface area contributed by atoms with E-state index in [1.165, 1.54) is 0 Å². The first-order valence-corrected chi connectivity index (χ1v) is 9.80. The van der Waals surface area contributed by atoms with Crippen LogP contribution in [0.3, 0.4) is 0 Å². The van der Waals surface area contributed by atoms with Crippen LogP contribution < -0.4 is 4.74 Å². The molecule has 8 heteroatoms. The monoisotopic (exact) mass is 446 g/mol. The molecule has 0 saturated carbocycles. The number of ether oxygens (including phenoxy) is 1. The SMILES string of the molecule is CCn1cc(Br)c(CN(C)C(=O)c2noc(C)c2COc2cccc(C)c2)n1. The summed E-state index contributed by atoms with van der Waals surface area (Å²) in [5.74, 6) is 1.07. The number of benzene rings is 1. The second kappa shape index (κ2) is 8.60. The molecular weight excluding hydrogens is 424 g/mol. The molecule has 7 nitrogen and oxygen atoms in total. The summed E-state index contributed by atoms with van der Waals surface area (Å²) >= 11 is 3.49. The van der Waals surface area contributed by atoms with Gasteiger partial charge in [0.25, 0.3) is 5.91 Å². The van der Waals surface area contributed by atoms with Gasteiger partial charge in [0.15, 0.2) is 5.69 Å². The van der Waals surface area contributed by atoms with Gasteiger partial charge >= 0.3 is 0 Å². The minimum atomic E-state index is -0.238. The van der Waals surface area contributed by atoms with E-state index in [2.05, 4.69) is 26.2 Å². The van der Waals surface area contributed by atoms with Gasteiger partial charge in [0.05, 0.1) is 22.3 Å². The molecule has 0 saturated heterocycles. The van der Waals surface area contributed by atoms with E-state index < -0.39 is 0 Å². The first-order chi connectivity index (χ1) is 13.4. The average Bonchev–Trinajstić information content (AvgIpc) is 3.21. The molecule has 28 heavy (non-hydrogen) atoms. The lowest BCUT2D eigenvalue weighted by molar-refractivity contribution is 0.0770. The van der Waals surface area contributed by atoms with E-state index >= 15 is 0 Å². The Morgan fingerprint density at radius 1 is 1.36 bits per heavy atom. The van der Waals surface area contributed by atoms with Crippen LogP contribution in [-0.2, 0) is 19.7 Å². The standard InChI is InChI=1S/C20H23BrN4O3/c1-5-25-10-17(21)18(22-25)11-24(4)20(26)19-16(14(3)28-23-19)12-27-15-8-6-7-13(2)9-15/h6-10H,5,11-12H2,1-4H3. The Labute approximate surface area is 172 Å². The van der Waals surface area contributed by atoms with Crippen molar-refractivity contribution in [3.8, 4) is 5.75 Å². The molecular formula is C20H23BrN4O3. The summed E-state index contributed by atoms with van der Waals surface area (Å²) in [7, 11) is 1.72. The smallest absolute Gasteiger partial charge is 0.276 e. The molecule has 148 valence electrons. The fourth-order valence-corrected chi connectivity index (χ4v) is 3.21. The lowest BCUT2D eigenvalue weighted by atomic mass is 10.2. The summed E-state index contributed by atoms with van der Waals surface area (Å²) in [6, 6.07) is 7.75. The molecule has 0 aliphatic rings. The fraction of sp³-hybridized carbons (Fsp3) is 0.350. The number of hydrogen-bond acceptors (Lipinski definition) is 5. The molecule has 1 aromatic carbocycles. The predicted octanol–water partition coefficient (Wildman–Crippen LogP) is 4.12. The maximum atomic E-state index is 12.9. The Kier molecular flexibility index (Phi) is 6.18. The minimum absolute atomic E-state index is 0.210. The zero-order valence-corrected chi connectivity index (χ0v) is 18.0. The number of rotatable bonds is 7. The van der Waals surface area contributed by atoms with Crippen LogP contribution >= 0.6 is 15.9 Å². The summed E-state index contributed by atoms with van der Waals surface area (Å²) in [5, 5.41) is 8.43. The van der Waals surface area contributed by atoms with Crippen LogP contribution in [0.4, 0.5) is 0 Å². The molecule has 0 radical (unpaired) electrons. The highest BCUT2D eigenvalue weighted by atomic mass is 79.9. The third-order valence-electron chi connectivity index (χ3n) is 4.40. The number of nitrogens with zero attached hydrogens (tertiary/aromatic N) is 4. The van der Waals surface area contributed by atoms with E-state index in [1.807, 2.05) is 49.0 Å². The third-order valence-corrected chi connectivity index (χ3v) is 5.07. The topological polar surface area (TPSA) is 73.4 Å². The van der Waals surface area contributed by atoms with Crippen molar-refractivity contribution in [3.05, 3.63) is 63.2 Å². The quantitative estimate of drug-likeness (QED) is 0.545. The number of hydrogen-bond donors (Lipinski definition) is 0. The van der Waals surface area contributed by atoms with Gasteiger partial charge in [-0.1, -0.05) is 17.3 Å². The van der Waals surface area contributed by atoms with Gasteiger partial charge in [-0.05, 0) is 54.4 Å². The molecule has 0 N–H and O–H groups in total. The van der Waals surface area contributed by atoms with Crippen LogP contribution in [0.2, 0.25) is 0 Å². The maximum Gasteiger partial charge on any atom is 0.276 e. The normalized spacial score (nSPS) is 10.9. The van der Waals surface area contributed by atoms with Crippen LogP contribution in [0.5, 0.6) is 5.75 Å². The van der Waals surface area contributed by atoms with Gasteiger partial charge in [0.1, 0.15) is 18.1 Å². The molecule has 0 atom stereocenters. The molecule has 2 heterocycles. The van der Waals surface area contributed by atoms with Crippen LogP contribution in [-0.4, -0.2) is 32.8 Å². The van der Waals surface area contributed by atoms with Gasteiger partial charge in [-0.25, -0.2) is 0 Å². The number of halogens is 1. The fourth-order valence-electron chi connectivity index (χ4n) is 2.77. The molecule has 1 amide bonds. The van der Waals surface area contributed by atoms with Crippen molar-refractivity contribution in [2.75, 3.05) is 7.05 Å². The molecule has 0 aliphatic carbocycles. The van der Waals surface area contributed by atoms with Crippen molar-refractivity contribution < 1.29 is 14.1 Å². The number of aryl methyl sites for hydroxylation is 3. The van der Waals surface area contributed by atoms with Gasteiger partial charge in [-0.15, -0.1) is 0 Å². The zero-order valence-electron chi connectivity index (χ0n) is 16.4. The van der Waals surface area contributed by atoms with Gasteiger partial charge < -0.3 is 14.2 Å². The molecule has 0 fully saturated rings. The zero-order chi connectivity index (χ0) is 20.3. The van der Waals surface area contributed by atoms with Gasteiger partial charge in [-0.3, -0.25) is 9.48 Å². The van der Waals surface area contributed by atoms with Crippen molar-refractivity contribution >= 4 is 21.8 Å². The van der Waals surface area contributed by atoms with Crippen molar-refractivity contribution in [1.82, 2.24) is 19.8 Å². The molecule has 0 spiro atoms. The average molecular weight is 447 g/mol. The van der Waals surface area contributed by atoms with E-state index in [9.17, 15) is 4.79 Å². The molecule has 0 aliphatic heterocycles. The highest BCUT2D eigenvalue weighted by Gasteiger charge is 2.24. The summed E-state index contributed by atoms with van der Waals surface area (Å²) in [5.41, 5.74) is 2.80. The number of carbonyl (C=O) groups is 1. The first-order valence-electron chi connectivity index (χ1n) is 9.01. The molecule has 0 unspecified atom stereocenters. The first kappa shape index (κ1) is 20.1. The minimum Gasteiger partial charge on any atom is -0.489 e. The van der Waals surface area contributed by atoms with E-state index in [4.69, 9.17) is 9.26 Å². The highest BCUT2D eigenvalue weighted by molar-refractivity contribution is 9.10. The Morgan fingerprint density at radius 2 is 2.14 bits per heavy atom. The van der Waals surface area contributed by atoms with E-state index in [0.717, 1.165) is 28.0 Å². The highest BCUT2D eigenvalue weighted by Crippen LogP contribution is 2.21. The molecule has 3 rings (SSSR count). The van der Waals surface area contributed by atoms with Crippen molar-refractivity contribution in [2.24, 2.45) is 0 Å². The molecule has 0 bridgehead atoms. The van der Waals surface area contributed by atoms with Crippen LogP contribution in [0.1, 0.15) is 40.0 Å². The van der Waals surface area contributed by atoms with Gasteiger partial charge in [-0.2, -0.15) is 5.10 Å². The summed E-state index contributed by atoms with van der Waals surface area (Å²) in [4.78, 5) is 14.5. The van der Waals surface area contributed by atoms with Crippen LogP contribution in [0.25, 0.3) is 0 Å². The Balaban J connectivity index is 1.73. The Hall–Kier alpha value is -2.61. The number of carbonyl (C=O) groups excluding carboxylic acids is 1. The van der Waals surface area contributed by atoms with E-state index in [0.29, 0.717) is 17.9 Å². The lowest BCUT2D eigenvalue weighted by Crippen LogP contribution is -2.28. The summed E-state index contributed by atoms with van der Waals surface area (Å²) in [6.07, 6.45) is 1.90. The maximum absolute atomic E-state index is 12.9. The van der Waals surface area contributed by atoms with Gasteiger partial charge in [0, 0.05) is 19.8 Å². The second-order valence-corrected chi connectivity index (χ2v) is 7.47. The Morgan fingerprint density at radius 3 is 2.82 bits per heavy atom. The van der Waals surface area contributed by atoms with Crippen molar-refractivity contribution in [2.45, 2.75) is 40.5 Å². The second-order valence-electron chi connectivity index (χ2n) is 6.61. The van der Waals surface area contributed by atoms with Crippen molar-refractivity contribution in [3.63, 3.8) is 0 Å². The largest absolute Gasteiger partial charge is 0.489 e. The van der Waals surface area contributed by atoms with E-state index in [1.54, 1.807) is 18.9 Å². The number of amides is 1. The van der Waals surface area contributed by atoms with Crippen LogP contribution in [0.15, 0.2) is 39.5 Å². The van der Waals surface area contributed by atoms with E-state index in [-0.39, 0.29) is 18.2 Å². The predicted molar refractivity (Wildman–Crippen MR) is 108 cm³/mol. The number of aromatic nitrogens is 3. The van der Waals surface area contributed by atoms with Gasteiger partial charge in [0.2, 0.25) is 0 Å². The van der Waals surface area contributed by atoms with Crippen molar-refractivity contribution in [1.29, 1.82) is 0 Å². The molecule has 2 aromatic heterocycles. The van der Waals surface area contributed by atoms with Crippen LogP contribution in [0, 0.1) is 13.8 Å². The third kappa shape index (κ3) is 4.44. The summed E-state index contributed by atoms with van der Waals surface area (Å²) < 4.78 is 13.8. The lowest BCUT2D eigenvalue weighted by Gasteiger charge is -2.15. The summed E-state index contributed by atoms with van der Waals surface area (Å²) in [6.45, 7) is 7.12. The Bertz CT molecular complexity index is 980. The molecule has 3 aromatic rings.